The molecular weight excluding hydrogens is 332 g/mol. The van der Waals surface area contributed by atoms with Gasteiger partial charge in [0.15, 0.2) is 0 Å². The fourth-order valence-electron chi connectivity index (χ4n) is 3.01. The van der Waals surface area contributed by atoms with E-state index in [4.69, 9.17) is 5.26 Å². The number of anilines is 1. The number of thiophene rings is 1. The van der Waals surface area contributed by atoms with Crippen LogP contribution in [0.25, 0.3) is 0 Å². The third-order valence-corrected chi connectivity index (χ3v) is 5.41. The van der Waals surface area contributed by atoms with E-state index in [-0.39, 0.29) is 11.9 Å². The number of nitrogens with zero attached hydrogens (tertiary/aromatic N) is 3. The minimum absolute atomic E-state index is 0.0261. The lowest BCUT2D eigenvalue weighted by Gasteiger charge is -2.37. The molecule has 1 atom stereocenters. The van der Waals surface area contributed by atoms with Crippen molar-refractivity contribution in [2.75, 3.05) is 31.5 Å². The Bertz CT molecular complexity index is 745. The maximum absolute atomic E-state index is 12.5. The Balaban J connectivity index is 1.50. The average molecular weight is 354 g/mol. The van der Waals surface area contributed by atoms with E-state index in [0.29, 0.717) is 11.3 Å². The van der Waals surface area contributed by atoms with Crippen molar-refractivity contribution in [3.8, 4) is 6.07 Å². The standard InChI is InChI=1S/C19H22N4OS/c1-15(19(24)21-17-5-2-4-16(12-17)13-20)23-9-7-22(8-10-23)14-18-6-3-11-25-18/h2-6,11-12,15H,7-10,14H2,1H3,(H,21,24)/t15-/m1/s1. The van der Waals surface area contributed by atoms with Crippen LogP contribution in [0.3, 0.4) is 0 Å². The van der Waals surface area contributed by atoms with Crippen molar-refractivity contribution in [3.63, 3.8) is 0 Å². The molecule has 0 saturated carbocycles. The van der Waals surface area contributed by atoms with E-state index >= 15 is 0 Å². The third-order valence-electron chi connectivity index (χ3n) is 4.55. The van der Waals surface area contributed by atoms with Gasteiger partial charge in [-0.25, -0.2) is 0 Å². The molecule has 2 aromatic rings. The molecule has 130 valence electrons. The smallest absolute Gasteiger partial charge is 0.241 e. The molecule has 0 aliphatic carbocycles. The van der Waals surface area contributed by atoms with Crippen LogP contribution >= 0.6 is 11.3 Å². The van der Waals surface area contributed by atoms with Crippen LogP contribution in [-0.4, -0.2) is 47.9 Å². The highest BCUT2D eigenvalue weighted by molar-refractivity contribution is 7.09. The molecule has 6 heteroatoms. The number of carbonyl (C=O) groups excluding carboxylic acids is 1. The van der Waals surface area contributed by atoms with Crippen LogP contribution in [0.2, 0.25) is 0 Å². The van der Waals surface area contributed by atoms with Crippen LogP contribution in [0, 0.1) is 11.3 Å². The predicted molar refractivity (Wildman–Crippen MR) is 100 cm³/mol. The van der Waals surface area contributed by atoms with Crippen LogP contribution < -0.4 is 5.32 Å². The molecule has 1 aliphatic heterocycles. The zero-order valence-electron chi connectivity index (χ0n) is 14.3. The number of nitriles is 1. The second-order valence-electron chi connectivity index (χ2n) is 6.25. The zero-order valence-corrected chi connectivity index (χ0v) is 15.1. The molecule has 1 aromatic heterocycles. The molecule has 0 radical (unpaired) electrons. The van der Waals surface area contributed by atoms with E-state index in [1.54, 1.807) is 29.5 Å². The molecule has 25 heavy (non-hydrogen) atoms. The highest BCUT2D eigenvalue weighted by Crippen LogP contribution is 2.16. The zero-order chi connectivity index (χ0) is 17.6. The lowest BCUT2D eigenvalue weighted by atomic mass is 10.2. The van der Waals surface area contributed by atoms with Gasteiger partial charge in [-0.3, -0.25) is 14.6 Å². The topological polar surface area (TPSA) is 59.4 Å². The first-order valence-electron chi connectivity index (χ1n) is 8.45. The molecular formula is C19H22N4OS. The number of piperazine rings is 1. The van der Waals surface area contributed by atoms with E-state index < -0.39 is 0 Å². The molecule has 2 heterocycles. The van der Waals surface area contributed by atoms with Crippen molar-refractivity contribution >= 4 is 22.9 Å². The largest absolute Gasteiger partial charge is 0.325 e. The minimum atomic E-state index is -0.186. The molecule has 0 bridgehead atoms. The molecule has 1 saturated heterocycles. The summed E-state index contributed by atoms with van der Waals surface area (Å²) in [5.41, 5.74) is 1.22. The van der Waals surface area contributed by atoms with E-state index in [1.807, 2.05) is 13.0 Å². The van der Waals surface area contributed by atoms with Crippen LogP contribution in [0.1, 0.15) is 17.4 Å². The lowest BCUT2D eigenvalue weighted by Crippen LogP contribution is -2.52. The Morgan fingerprint density at radius 2 is 2.08 bits per heavy atom. The Kier molecular flexibility index (Phi) is 5.82. The normalized spacial score (nSPS) is 17.0. The lowest BCUT2D eigenvalue weighted by molar-refractivity contribution is -0.121. The number of nitrogens with one attached hydrogen (secondary N) is 1. The van der Waals surface area contributed by atoms with Crippen molar-refractivity contribution in [3.05, 3.63) is 52.2 Å². The van der Waals surface area contributed by atoms with Crippen molar-refractivity contribution in [1.29, 1.82) is 5.26 Å². The van der Waals surface area contributed by atoms with Crippen molar-refractivity contribution in [2.45, 2.75) is 19.5 Å². The van der Waals surface area contributed by atoms with E-state index in [1.165, 1.54) is 4.88 Å². The summed E-state index contributed by atoms with van der Waals surface area (Å²) in [5.74, 6) is -0.0261. The molecule has 1 N–H and O–H groups in total. The molecule has 1 fully saturated rings. The van der Waals surface area contributed by atoms with Gasteiger partial charge < -0.3 is 5.32 Å². The molecule has 5 nitrogen and oxygen atoms in total. The number of amides is 1. The van der Waals surface area contributed by atoms with Gasteiger partial charge in [0.05, 0.1) is 17.7 Å². The van der Waals surface area contributed by atoms with Gasteiger partial charge in [-0.15, -0.1) is 11.3 Å². The fourth-order valence-corrected chi connectivity index (χ4v) is 3.76. The van der Waals surface area contributed by atoms with E-state index in [0.717, 1.165) is 32.7 Å². The number of rotatable bonds is 5. The maximum atomic E-state index is 12.5. The fraction of sp³-hybridized carbons (Fsp3) is 0.368. The molecule has 1 aliphatic rings. The van der Waals surface area contributed by atoms with Gasteiger partial charge >= 0.3 is 0 Å². The first-order valence-corrected chi connectivity index (χ1v) is 9.33. The Labute approximate surface area is 152 Å². The summed E-state index contributed by atoms with van der Waals surface area (Å²) < 4.78 is 0. The predicted octanol–water partition coefficient (Wildman–Crippen LogP) is 2.76. The summed E-state index contributed by atoms with van der Waals surface area (Å²) in [6.07, 6.45) is 0. The minimum Gasteiger partial charge on any atom is -0.325 e. The van der Waals surface area contributed by atoms with E-state index in [9.17, 15) is 4.79 Å². The molecule has 3 rings (SSSR count). The second-order valence-corrected chi connectivity index (χ2v) is 7.28. The van der Waals surface area contributed by atoms with Gasteiger partial charge in [-0.2, -0.15) is 5.26 Å². The van der Waals surface area contributed by atoms with E-state index in [2.05, 4.69) is 38.7 Å². The van der Waals surface area contributed by atoms with Crippen LogP contribution in [0.5, 0.6) is 0 Å². The number of hydrogen-bond acceptors (Lipinski definition) is 5. The number of carbonyl (C=O) groups is 1. The first kappa shape index (κ1) is 17.6. The van der Waals surface area contributed by atoms with Gasteiger partial charge in [0.1, 0.15) is 0 Å². The first-order chi connectivity index (χ1) is 12.2. The Hall–Kier alpha value is -2.20. The summed E-state index contributed by atoms with van der Waals surface area (Å²) >= 11 is 1.79. The quantitative estimate of drug-likeness (QED) is 0.897. The summed E-state index contributed by atoms with van der Waals surface area (Å²) in [6, 6.07) is 13.2. The summed E-state index contributed by atoms with van der Waals surface area (Å²) in [4.78, 5) is 18.5. The Morgan fingerprint density at radius 3 is 2.76 bits per heavy atom. The SMILES string of the molecule is C[C@H](C(=O)Nc1cccc(C#N)c1)N1CCN(Cc2cccs2)CC1. The number of benzene rings is 1. The monoisotopic (exact) mass is 354 g/mol. The summed E-state index contributed by atoms with van der Waals surface area (Å²) in [7, 11) is 0. The number of hydrogen-bond donors (Lipinski definition) is 1. The third kappa shape index (κ3) is 4.67. The molecule has 1 aromatic carbocycles. The summed E-state index contributed by atoms with van der Waals surface area (Å²) in [5, 5.41) is 14.0. The molecule has 0 spiro atoms. The maximum Gasteiger partial charge on any atom is 0.241 e. The average Bonchev–Trinajstić information content (AvgIpc) is 3.15. The highest BCUT2D eigenvalue weighted by Gasteiger charge is 2.25. The molecule has 1 amide bonds. The van der Waals surface area contributed by atoms with Gasteiger partial charge in [-0.05, 0) is 36.6 Å². The van der Waals surface area contributed by atoms with Gasteiger partial charge in [0.25, 0.3) is 0 Å². The molecule has 0 unspecified atom stereocenters. The van der Waals surface area contributed by atoms with Crippen LogP contribution in [0.4, 0.5) is 5.69 Å². The van der Waals surface area contributed by atoms with Crippen molar-refractivity contribution in [1.82, 2.24) is 9.80 Å². The second kappa shape index (κ2) is 8.26. The van der Waals surface area contributed by atoms with Gasteiger partial charge in [0, 0.05) is 43.3 Å². The van der Waals surface area contributed by atoms with Crippen molar-refractivity contribution in [2.24, 2.45) is 0 Å². The van der Waals surface area contributed by atoms with Gasteiger partial charge in [0.2, 0.25) is 5.91 Å². The van der Waals surface area contributed by atoms with Crippen LogP contribution in [0.15, 0.2) is 41.8 Å². The van der Waals surface area contributed by atoms with Gasteiger partial charge in [-0.1, -0.05) is 12.1 Å². The van der Waals surface area contributed by atoms with Crippen molar-refractivity contribution < 1.29 is 4.79 Å². The highest BCUT2D eigenvalue weighted by atomic mass is 32.1. The summed E-state index contributed by atoms with van der Waals surface area (Å²) in [6.45, 7) is 6.65. The Morgan fingerprint density at radius 1 is 1.28 bits per heavy atom. The van der Waals surface area contributed by atoms with Crippen LogP contribution in [-0.2, 0) is 11.3 Å².